The number of epoxide rings is 1. The molecule has 0 bridgehead atoms. The monoisotopic (exact) mass is 520 g/mol. The van der Waals surface area contributed by atoms with E-state index in [0.717, 1.165) is 11.1 Å². The molecule has 38 heavy (non-hydrogen) atoms. The number of hydrogen-bond acceptors (Lipinski definition) is 9. The number of nitrogens with two attached hydrogens (primary N) is 2. The Morgan fingerprint density at radius 1 is 1.16 bits per heavy atom. The van der Waals surface area contributed by atoms with Crippen LogP contribution in [0.4, 0.5) is 0 Å². The SMILES string of the molecule is Cc1cc(=O)c2c(O)c3c(cc2o1)OC(C)(C)C1OC(=O)C2(CCCC31)OC2Cc1cccc(C(N)N)c1. The molecule has 2 aromatic carbocycles. The lowest BCUT2D eigenvalue weighted by molar-refractivity contribution is -0.173. The van der Waals surface area contributed by atoms with Gasteiger partial charge in [-0.05, 0) is 51.2 Å². The van der Waals surface area contributed by atoms with E-state index in [1.807, 2.05) is 38.1 Å². The molecule has 200 valence electrons. The molecule has 0 amide bonds. The summed E-state index contributed by atoms with van der Waals surface area (Å²) in [6.45, 7) is 5.39. The Hall–Kier alpha value is -3.40. The van der Waals surface area contributed by atoms with Crippen molar-refractivity contribution in [2.45, 2.75) is 81.9 Å². The molecule has 4 atom stereocenters. The summed E-state index contributed by atoms with van der Waals surface area (Å²) in [7, 11) is 0. The zero-order valence-electron chi connectivity index (χ0n) is 21.7. The number of esters is 1. The minimum absolute atomic E-state index is 0.103. The van der Waals surface area contributed by atoms with Crippen molar-refractivity contribution in [1.82, 2.24) is 0 Å². The Kier molecular flexibility index (Phi) is 5.61. The van der Waals surface area contributed by atoms with Gasteiger partial charge in [0, 0.05) is 30.0 Å². The number of ether oxygens (including phenoxy) is 3. The molecule has 6 rings (SSSR count). The molecule has 9 nitrogen and oxygen atoms in total. The van der Waals surface area contributed by atoms with E-state index in [1.54, 1.807) is 13.0 Å². The Labute approximate surface area is 219 Å². The average molecular weight is 521 g/mol. The van der Waals surface area contributed by atoms with E-state index >= 15 is 0 Å². The van der Waals surface area contributed by atoms with E-state index in [9.17, 15) is 14.7 Å². The second-order valence-corrected chi connectivity index (χ2v) is 11.2. The lowest BCUT2D eigenvalue weighted by atomic mass is 9.76. The Morgan fingerprint density at radius 2 is 1.95 bits per heavy atom. The summed E-state index contributed by atoms with van der Waals surface area (Å²) in [5.74, 6) is -0.0995. The molecule has 2 fully saturated rings. The van der Waals surface area contributed by atoms with Gasteiger partial charge in [-0.25, -0.2) is 4.79 Å². The molecule has 1 aromatic heterocycles. The van der Waals surface area contributed by atoms with Crippen molar-refractivity contribution in [3.63, 3.8) is 0 Å². The third-order valence-corrected chi connectivity index (χ3v) is 8.13. The van der Waals surface area contributed by atoms with Crippen LogP contribution in [0.3, 0.4) is 0 Å². The average Bonchev–Trinajstić information content (AvgIpc) is 3.52. The Morgan fingerprint density at radius 3 is 2.71 bits per heavy atom. The first-order chi connectivity index (χ1) is 18.0. The van der Waals surface area contributed by atoms with Crippen LogP contribution in [0.25, 0.3) is 11.0 Å². The normalized spacial score (nSPS) is 27.7. The van der Waals surface area contributed by atoms with Crippen molar-refractivity contribution in [3.05, 3.63) is 69.1 Å². The second-order valence-electron chi connectivity index (χ2n) is 11.2. The van der Waals surface area contributed by atoms with Crippen molar-refractivity contribution >= 4 is 16.9 Å². The van der Waals surface area contributed by atoms with Crippen LogP contribution in [0.2, 0.25) is 0 Å². The summed E-state index contributed by atoms with van der Waals surface area (Å²) >= 11 is 0. The van der Waals surface area contributed by atoms with E-state index in [1.165, 1.54) is 6.07 Å². The standard InChI is InChI=1S/C29H32N2O7/c1-14-10-18(32)23-19(35-14)13-20-22(24(23)33)17-8-5-9-29(27(34)36-25(17)28(2,3)37-20)21(38-29)12-15-6-4-7-16(11-15)26(30)31/h4,6-7,10-11,13,17,21,25-26,33H,5,8-9,12,30-31H2,1-3H3. The van der Waals surface area contributed by atoms with Gasteiger partial charge in [-0.2, -0.15) is 0 Å². The molecular weight excluding hydrogens is 488 g/mol. The molecule has 0 aliphatic carbocycles. The van der Waals surface area contributed by atoms with Gasteiger partial charge in [-0.1, -0.05) is 24.3 Å². The Bertz CT molecular complexity index is 1510. The van der Waals surface area contributed by atoms with Crippen LogP contribution in [0.1, 0.15) is 67.6 Å². The summed E-state index contributed by atoms with van der Waals surface area (Å²) in [4.78, 5) is 26.3. The van der Waals surface area contributed by atoms with Gasteiger partial charge in [0.25, 0.3) is 0 Å². The van der Waals surface area contributed by atoms with Gasteiger partial charge in [0.15, 0.2) is 11.0 Å². The maximum atomic E-state index is 13.6. The summed E-state index contributed by atoms with van der Waals surface area (Å²) < 4.78 is 24.2. The number of carbonyl (C=O) groups is 1. The highest BCUT2D eigenvalue weighted by molar-refractivity contribution is 5.88. The van der Waals surface area contributed by atoms with E-state index < -0.39 is 29.4 Å². The molecule has 3 aromatic rings. The first kappa shape index (κ1) is 24.9. The molecule has 5 N–H and O–H groups in total. The fourth-order valence-electron chi connectivity index (χ4n) is 6.22. The van der Waals surface area contributed by atoms with Gasteiger partial charge in [-0.15, -0.1) is 0 Å². The number of phenolic OH excluding ortho intramolecular Hbond substituents is 1. The predicted octanol–water partition coefficient (Wildman–Crippen LogP) is 3.45. The number of aryl methyl sites for hydroxylation is 1. The minimum atomic E-state index is -1.02. The van der Waals surface area contributed by atoms with E-state index in [0.29, 0.717) is 42.8 Å². The van der Waals surface area contributed by atoms with Crippen LogP contribution in [0.15, 0.2) is 45.6 Å². The highest BCUT2D eigenvalue weighted by Gasteiger charge is 2.65. The van der Waals surface area contributed by atoms with Crippen molar-refractivity contribution in [3.8, 4) is 11.5 Å². The van der Waals surface area contributed by atoms with Gasteiger partial charge >= 0.3 is 5.97 Å². The maximum Gasteiger partial charge on any atom is 0.341 e. The fourth-order valence-corrected chi connectivity index (χ4v) is 6.22. The number of carbonyl (C=O) groups excluding carboxylic acids is 1. The van der Waals surface area contributed by atoms with Crippen molar-refractivity contribution in [2.75, 3.05) is 0 Å². The van der Waals surface area contributed by atoms with Crippen LogP contribution < -0.4 is 21.6 Å². The van der Waals surface area contributed by atoms with Gasteiger partial charge in [0.1, 0.15) is 46.0 Å². The number of aromatic hydroxyl groups is 1. The fraction of sp³-hybridized carbons (Fsp3) is 0.448. The number of fused-ring (bicyclic) bond motifs is 4. The zero-order valence-corrected chi connectivity index (χ0v) is 21.7. The lowest BCUT2D eigenvalue weighted by Crippen LogP contribution is -2.53. The van der Waals surface area contributed by atoms with Crippen LogP contribution in [-0.4, -0.2) is 34.5 Å². The van der Waals surface area contributed by atoms with Crippen LogP contribution >= 0.6 is 0 Å². The van der Waals surface area contributed by atoms with Crippen LogP contribution in [-0.2, 0) is 20.7 Å². The second kappa shape index (κ2) is 8.56. The van der Waals surface area contributed by atoms with Gasteiger partial charge < -0.3 is 35.2 Å². The number of hydrogen-bond donors (Lipinski definition) is 3. The highest BCUT2D eigenvalue weighted by Crippen LogP contribution is 2.54. The summed E-state index contributed by atoms with van der Waals surface area (Å²) in [5, 5.41) is 11.4. The first-order valence-corrected chi connectivity index (χ1v) is 13.0. The summed E-state index contributed by atoms with van der Waals surface area (Å²) in [6, 6.07) is 10.7. The highest BCUT2D eigenvalue weighted by atomic mass is 16.7. The molecule has 3 aliphatic heterocycles. The van der Waals surface area contributed by atoms with E-state index in [4.69, 9.17) is 30.1 Å². The topological polar surface area (TPSA) is 151 Å². The third kappa shape index (κ3) is 3.88. The first-order valence-electron chi connectivity index (χ1n) is 13.0. The Balaban J connectivity index is 1.31. The van der Waals surface area contributed by atoms with E-state index in [2.05, 4.69) is 0 Å². The third-order valence-electron chi connectivity index (χ3n) is 8.13. The number of phenols is 1. The molecule has 3 aliphatic rings. The van der Waals surface area contributed by atoms with E-state index in [-0.39, 0.29) is 34.2 Å². The quantitative estimate of drug-likeness (QED) is 0.268. The van der Waals surface area contributed by atoms with Crippen LogP contribution in [0, 0.1) is 6.92 Å². The smallest absolute Gasteiger partial charge is 0.341 e. The molecule has 0 saturated carbocycles. The molecule has 0 radical (unpaired) electrons. The molecule has 2 saturated heterocycles. The largest absolute Gasteiger partial charge is 0.507 e. The maximum absolute atomic E-state index is 13.6. The van der Waals surface area contributed by atoms with Crippen LogP contribution in [0.5, 0.6) is 11.5 Å². The molecule has 4 unspecified atom stereocenters. The van der Waals surface area contributed by atoms with Crippen molar-refractivity contribution in [1.29, 1.82) is 0 Å². The molecule has 9 heteroatoms. The zero-order chi connectivity index (χ0) is 27.0. The molecule has 1 spiro atoms. The predicted molar refractivity (Wildman–Crippen MR) is 139 cm³/mol. The van der Waals surface area contributed by atoms with Gasteiger partial charge in [0.2, 0.25) is 0 Å². The van der Waals surface area contributed by atoms with Gasteiger partial charge in [-0.3, -0.25) is 4.79 Å². The lowest BCUT2D eigenvalue weighted by Gasteiger charge is -2.45. The summed E-state index contributed by atoms with van der Waals surface area (Å²) in [5.41, 5.74) is 11.9. The van der Waals surface area contributed by atoms with Crippen molar-refractivity contribution in [2.24, 2.45) is 11.5 Å². The number of benzene rings is 2. The molecular formula is C29H32N2O7. The molecule has 4 heterocycles. The van der Waals surface area contributed by atoms with Gasteiger partial charge in [0.05, 0.1) is 6.17 Å². The summed E-state index contributed by atoms with van der Waals surface area (Å²) in [6.07, 6.45) is 0.716. The minimum Gasteiger partial charge on any atom is -0.507 e. The van der Waals surface area contributed by atoms with Crippen molar-refractivity contribution < 1.29 is 28.5 Å². The number of rotatable bonds is 3.